The SMILES string of the molecule is C=C[C@@H]1C[C@]1(NC(=O)[C@@H]1C[C@@H](Oc2cc(C(=O)C=[N+]=[N-])nc3c(C)c(OC)ccc23)CN1C(=O)[C@@H](NC(=O)OC1CCCC1)C(C)(C)C)C(=O)OC.C=C[C@@H]1C[C@]1(NC(=O)[C@@H]1C[C@@H](Oc2cc(C([CH2-])=O)nc3c(C)c(OC)ccc23)CN1C(=O)[C@@H](NC(=O)OC1CCCC1)C(C)(C)C)C(=O)OC.[Na+]. The van der Waals surface area contributed by atoms with E-state index in [1.807, 2.05) is 27.7 Å². The summed E-state index contributed by atoms with van der Waals surface area (Å²) in [6.07, 6.45) is 7.99. The molecule has 2 aliphatic heterocycles. The zero-order valence-corrected chi connectivity index (χ0v) is 63.0. The van der Waals surface area contributed by atoms with Crippen LogP contribution in [0, 0.1) is 43.4 Å². The van der Waals surface area contributed by atoms with Gasteiger partial charge in [0.05, 0.1) is 52.6 Å². The van der Waals surface area contributed by atoms with E-state index in [4.69, 9.17) is 43.4 Å². The summed E-state index contributed by atoms with van der Waals surface area (Å²) in [6, 6.07) is 5.52. The Hall–Kier alpha value is -9.11. The summed E-state index contributed by atoms with van der Waals surface area (Å²) < 4.78 is 45.2. The predicted octanol–water partition coefficient (Wildman–Crippen LogP) is 4.94. The third kappa shape index (κ3) is 17.4. The molecule has 4 aliphatic carbocycles. The number of methoxy groups -OCH3 is 4. The molecule has 4 N–H and O–H groups in total. The molecule has 103 heavy (non-hydrogen) atoms. The molecule has 0 spiro atoms. The van der Waals surface area contributed by atoms with Crippen molar-refractivity contribution < 1.29 is 120 Å². The van der Waals surface area contributed by atoms with E-state index in [0.717, 1.165) is 51.4 Å². The first kappa shape index (κ1) is 79.6. The molecule has 10 atom stereocenters. The molecule has 548 valence electrons. The van der Waals surface area contributed by atoms with Crippen LogP contribution in [0.3, 0.4) is 0 Å². The fourth-order valence-electron chi connectivity index (χ4n) is 14.1. The number of esters is 2. The number of pyridine rings is 2. The van der Waals surface area contributed by atoms with Gasteiger partial charge in [0.15, 0.2) is 0 Å². The van der Waals surface area contributed by atoms with Crippen LogP contribution in [0.25, 0.3) is 27.3 Å². The van der Waals surface area contributed by atoms with Gasteiger partial charge in [0.2, 0.25) is 23.6 Å². The molecule has 2 aromatic carbocycles. The number of nitrogens with one attached hydrogen (secondary N) is 4. The van der Waals surface area contributed by atoms with E-state index in [1.165, 1.54) is 50.4 Å². The molecule has 6 aliphatic rings. The Kier molecular flexibility index (Phi) is 25.3. The van der Waals surface area contributed by atoms with Crippen LogP contribution >= 0.6 is 0 Å². The Morgan fingerprint density at radius 3 is 1.31 bits per heavy atom. The first-order valence-electron chi connectivity index (χ1n) is 34.3. The van der Waals surface area contributed by atoms with Crippen LogP contribution in [0.5, 0.6) is 23.0 Å². The Bertz CT molecular complexity index is 4040. The first-order chi connectivity index (χ1) is 48.3. The van der Waals surface area contributed by atoms with Gasteiger partial charge < -0.3 is 84.3 Å². The van der Waals surface area contributed by atoms with Crippen LogP contribution in [0.1, 0.15) is 151 Å². The van der Waals surface area contributed by atoms with E-state index in [2.05, 4.69) is 56.1 Å². The number of ketones is 2. The van der Waals surface area contributed by atoms with Crippen molar-refractivity contribution in [2.75, 3.05) is 41.5 Å². The number of Topliss-reactive ketones (excluding diaryl/α,β-unsaturated/α-hetero) is 2. The molecule has 6 amide bonds. The van der Waals surface area contributed by atoms with Gasteiger partial charge in [-0.1, -0.05) is 59.8 Å². The number of alkyl carbamates (subject to hydrolysis) is 2. The zero-order chi connectivity index (χ0) is 74.5. The van der Waals surface area contributed by atoms with E-state index in [0.29, 0.717) is 62.8 Å². The van der Waals surface area contributed by atoms with Crippen molar-refractivity contribution in [2.45, 2.75) is 192 Å². The number of nitrogens with zero attached hydrogens (tertiary/aromatic N) is 6. The second-order valence-electron chi connectivity index (χ2n) is 29.1. The zero-order valence-electron chi connectivity index (χ0n) is 61.0. The van der Waals surface area contributed by atoms with Crippen LogP contribution in [-0.4, -0.2) is 191 Å². The third-order valence-electron chi connectivity index (χ3n) is 20.0. The summed E-state index contributed by atoms with van der Waals surface area (Å²) in [6.45, 7) is 25.4. The van der Waals surface area contributed by atoms with Crippen LogP contribution in [0.4, 0.5) is 9.59 Å². The van der Waals surface area contributed by atoms with Crippen LogP contribution < -0.4 is 69.8 Å². The summed E-state index contributed by atoms with van der Waals surface area (Å²) >= 11 is 0. The van der Waals surface area contributed by atoms with Gasteiger partial charge in [-0.15, -0.1) is 13.2 Å². The Morgan fingerprint density at radius 1 is 0.602 bits per heavy atom. The maximum atomic E-state index is 14.5. The first-order valence-corrected chi connectivity index (χ1v) is 34.3. The number of aromatic nitrogens is 2. The molecule has 4 saturated carbocycles. The van der Waals surface area contributed by atoms with Gasteiger partial charge in [0, 0.05) is 58.4 Å². The standard InChI is InChI=1S/C37H46N6O9.C37H47N4O9.Na/c1-8-21-17-37(21,34(47)50-7)42-32(45)26-15-23(19-43(26)33(46)31(36(3,4)5)41-35(48)52-22-11-9-10-12-22)51-29-16-25(27(44)18-39-38)40-30-20(2)28(49-6)14-13-24(29)30;1-9-22-18-37(22,34(45)48-8)40-32(43)27-16-24(49-29-17-26(21(3)42)38-30-20(2)28(47-7)15-14-25(29)30)19-41(27)33(44)31(36(4,5)6)39-35(46)50-23-12-10-11-13-23;/h8,13-14,16,18,21-23,26,31H,1,9-12,15,17,19H2,2-7H3,(H,41,48)(H,42,45);9,14-15,17,22-24,27,31H,1,3,10-13,16,18-19H2,2,4-8H3,(H,39,46)(H,40,43);/q;-1;+1/t21-,23-,26+,31-,37-;22-,24-,27+,31-,37-;/m11./s1. The molecule has 28 nitrogen and oxygen atoms in total. The number of hydrogen-bond acceptors (Lipinski definition) is 20. The largest absolute Gasteiger partial charge is 1.00 e. The van der Waals surface area contributed by atoms with Crippen molar-refractivity contribution >= 4 is 87.3 Å². The van der Waals surface area contributed by atoms with Crippen molar-refractivity contribution in [3.8, 4) is 23.0 Å². The van der Waals surface area contributed by atoms with Gasteiger partial charge >= 0.3 is 59.9 Å². The summed E-state index contributed by atoms with van der Waals surface area (Å²) in [4.78, 5) is 149. The number of likely N-dealkylation sites (tertiary alicyclic amines) is 2. The Morgan fingerprint density at radius 2 is 0.981 bits per heavy atom. The maximum Gasteiger partial charge on any atom is 1.00 e. The molecule has 6 fully saturated rings. The number of hydrogen-bond donors (Lipinski definition) is 4. The summed E-state index contributed by atoms with van der Waals surface area (Å²) in [5.41, 5.74) is 7.03. The fraction of sp³-hybridized carbons (Fsp3) is 0.541. The number of aryl methyl sites for hydroxylation is 2. The van der Waals surface area contributed by atoms with E-state index in [1.54, 1.807) is 64.1 Å². The van der Waals surface area contributed by atoms with E-state index < -0.39 is 118 Å². The molecule has 4 heterocycles. The maximum absolute atomic E-state index is 14.5. The van der Waals surface area contributed by atoms with Crippen molar-refractivity contribution in [2.24, 2.45) is 22.7 Å². The molecule has 2 saturated heterocycles. The van der Waals surface area contributed by atoms with Crippen LogP contribution in [0.15, 0.2) is 61.7 Å². The van der Waals surface area contributed by atoms with Gasteiger partial charge in [0.1, 0.15) is 88.4 Å². The topological polar surface area (TPSA) is 361 Å². The van der Waals surface area contributed by atoms with Gasteiger partial charge in [-0.05, 0) is 119 Å². The predicted molar refractivity (Wildman–Crippen MR) is 371 cm³/mol. The molecular formula is C74H93N10NaO18. The van der Waals surface area contributed by atoms with Crippen molar-refractivity contribution in [3.63, 3.8) is 0 Å². The number of carbonyl (C=O) groups is 10. The van der Waals surface area contributed by atoms with Gasteiger partial charge in [-0.3, -0.25) is 24.0 Å². The molecule has 0 bridgehead atoms. The number of benzene rings is 2. The van der Waals surface area contributed by atoms with Gasteiger partial charge in [-0.25, -0.2) is 24.2 Å². The van der Waals surface area contributed by atoms with Crippen molar-refractivity contribution in [3.05, 3.63) is 96.7 Å². The third-order valence-corrected chi connectivity index (χ3v) is 20.0. The molecular weight excluding hydrogens is 1340 g/mol. The minimum atomic E-state index is -1.32. The molecule has 10 rings (SSSR count). The minimum Gasteiger partial charge on any atom is -0.496 e. The van der Waals surface area contributed by atoms with Crippen LogP contribution in [-0.2, 0) is 47.7 Å². The van der Waals surface area contributed by atoms with Gasteiger partial charge in [-0.2, -0.15) is 11.7 Å². The Balaban J connectivity index is 0.000000259. The smallest absolute Gasteiger partial charge is 0.496 e. The average Bonchev–Trinajstić information content (AvgIpc) is 1.60. The van der Waals surface area contributed by atoms with Crippen LogP contribution in [0.2, 0.25) is 0 Å². The summed E-state index contributed by atoms with van der Waals surface area (Å²) in [5.74, 6) is -3.74. The number of rotatable bonds is 23. The monoisotopic (exact) mass is 1430 g/mol. The number of carbonyl (C=O) groups excluding carboxylic acids is 10. The average molecular weight is 1430 g/mol. The molecule has 0 unspecified atom stereocenters. The second kappa shape index (κ2) is 32.7. The number of amides is 6. The molecule has 29 heteroatoms. The molecule has 0 radical (unpaired) electrons. The molecule has 2 aromatic heterocycles. The van der Waals surface area contributed by atoms with Crippen molar-refractivity contribution in [1.29, 1.82) is 0 Å². The fourth-order valence-corrected chi connectivity index (χ4v) is 14.1. The number of fused-ring (bicyclic) bond motifs is 2. The minimum absolute atomic E-state index is 0. The van der Waals surface area contributed by atoms with E-state index >= 15 is 0 Å². The summed E-state index contributed by atoms with van der Waals surface area (Å²) in [7, 11) is 5.52. The van der Waals surface area contributed by atoms with Gasteiger partial charge in [0.25, 0.3) is 5.78 Å². The van der Waals surface area contributed by atoms with E-state index in [9.17, 15) is 47.9 Å². The summed E-state index contributed by atoms with van der Waals surface area (Å²) in [5, 5.41) is 12.3. The number of ether oxygens (including phenoxy) is 8. The molecule has 4 aromatic rings. The van der Waals surface area contributed by atoms with Crippen molar-refractivity contribution in [1.82, 2.24) is 41.0 Å². The van der Waals surface area contributed by atoms with E-state index in [-0.39, 0.29) is 103 Å². The Labute approximate surface area is 621 Å². The quantitative estimate of drug-likeness (QED) is 0.00879. The normalized spacial score (nSPS) is 23.3. The second-order valence-corrected chi connectivity index (χ2v) is 29.1.